The summed E-state index contributed by atoms with van der Waals surface area (Å²) in [6.45, 7) is 1.12. The molecule has 3 N–H and O–H groups in total. The van der Waals surface area contributed by atoms with E-state index in [1.165, 1.54) is 13.0 Å². The fraction of sp³-hybridized carbons (Fsp3) is 0.375. The van der Waals surface area contributed by atoms with E-state index in [0.29, 0.717) is 12.8 Å². The minimum atomic E-state index is -4.36. The molecule has 1 aromatic carbocycles. The Morgan fingerprint density at radius 1 is 1.27 bits per heavy atom. The molecule has 0 saturated carbocycles. The van der Waals surface area contributed by atoms with Crippen molar-refractivity contribution in [3.05, 3.63) is 41.0 Å². The first-order valence-corrected chi connectivity index (χ1v) is 9.33. The molecule has 1 unspecified atom stereocenters. The highest BCUT2D eigenvalue weighted by atomic mass is 32.2. The molecule has 26 heavy (non-hydrogen) atoms. The first-order chi connectivity index (χ1) is 12.1. The number of benzene rings is 1. The van der Waals surface area contributed by atoms with Gasteiger partial charge in [0.05, 0.1) is 5.57 Å². The Kier molecular flexibility index (Phi) is 5.96. The lowest BCUT2D eigenvalue weighted by molar-refractivity contribution is -0.132. The van der Waals surface area contributed by atoms with Gasteiger partial charge in [-0.1, -0.05) is 6.08 Å². The largest absolute Gasteiger partial charge is 0.478 e. The van der Waals surface area contributed by atoms with Crippen LogP contribution in [0.4, 0.5) is 14.5 Å². The van der Waals surface area contributed by atoms with Crippen LogP contribution < -0.4 is 10.0 Å². The fourth-order valence-electron chi connectivity index (χ4n) is 2.66. The number of carbonyl (C=O) groups is 2. The number of carbonyl (C=O) groups excluding carboxylic acids is 1. The van der Waals surface area contributed by atoms with Crippen molar-refractivity contribution in [3.8, 4) is 0 Å². The molecule has 1 atom stereocenters. The first kappa shape index (κ1) is 19.8. The maximum atomic E-state index is 14.2. The van der Waals surface area contributed by atoms with Gasteiger partial charge >= 0.3 is 5.97 Å². The van der Waals surface area contributed by atoms with Gasteiger partial charge in [-0.25, -0.2) is 22.0 Å². The third-order valence-corrected chi connectivity index (χ3v) is 5.62. The number of hydrogen-bond donors (Lipinski definition) is 3. The van der Waals surface area contributed by atoms with E-state index in [0.717, 1.165) is 12.1 Å². The topological polar surface area (TPSA) is 113 Å². The zero-order valence-corrected chi connectivity index (χ0v) is 14.7. The predicted molar refractivity (Wildman–Crippen MR) is 89.8 cm³/mol. The molecule has 0 bridgehead atoms. The fourth-order valence-corrected chi connectivity index (χ4v) is 4.29. The molecule has 0 saturated heterocycles. The Balaban J connectivity index is 2.29. The second kappa shape index (κ2) is 7.81. The average Bonchev–Trinajstić information content (AvgIpc) is 2.56. The lowest BCUT2D eigenvalue weighted by Gasteiger charge is -2.23. The molecule has 142 valence electrons. The Morgan fingerprint density at radius 3 is 2.42 bits per heavy atom. The maximum Gasteiger partial charge on any atom is 0.332 e. The van der Waals surface area contributed by atoms with Crippen LogP contribution in [0.1, 0.15) is 31.7 Å². The molecule has 0 aliphatic heterocycles. The first-order valence-electron chi connectivity index (χ1n) is 7.79. The minimum absolute atomic E-state index is 0.0390. The monoisotopic (exact) mass is 388 g/mol. The molecular weight excluding hydrogens is 370 g/mol. The number of carboxylic acid groups (broad SMARTS) is 1. The van der Waals surface area contributed by atoms with Gasteiger partial charge in [-0.3, -0.25) is 9.52 Å². The summed E-state index contributed by atoms with van der Waals surface area (Å²) in [5.74, 6) is -4.09. The third-order valence-electron chi connectivity index (χ3n) is 3.89. The molecule has 1 aliphatic carbocycles. The van der Waals surface area contributed by atoms with E-state index < -0.39 is 38.6 Å². The predicted octanol–water partition coefficient (Wildman–Crippen LogP) is 1.91. The number of aliphatic carboxylic acids is 1. The summed E-state index contributed by atoms with van der Waals surface area (Å²) in [4.78, 5) is 22.1. The number of halogens is 2. The molecule has 0 fully saturated rings. The molecule has 7 nitrogen and oxygen atoms in total. The van der Waals surface area contributed by atoms with Gasteiger partial charge in [0.25, 0.3) is 0 Å². The van der Waals surface area contributed by atoms with Crippen molar-refractivity contribution in [1.29, 1.82) is 0 Å². The molecule has 2 rings (SSSR count). The highest BCUT2D eigenvalue weighted by Crippen LogP contribution is 2.29. The van der Waals surface area contributed by atoms with Gasteiger partial charge < -0.3 is 10.4 Å². The highest BCUT2D eigenvalue weighted by molar-refractivity contribution is 7.93. The van der Waals surface area contributed by atoms with Crippen molar-refractivity contribution in [2.75, 3.05) is 4.72 Å². The lowest BCUT2D eigenvalue weighted by atomic mass is 9.99. The van der Waals surface area contributed by atoms with E-state index in [-0.39, 0.29) is 30.0 Å². The van der Waals surface area contributed by atoms with Gasteiger partial charge in [0.2, 0.25) is 15.9 Å². The van der Waals surface area contributed by atoms with Gasteiger partial charge in [-0.15, -0.1) is 0 Å². The Hall–Kier alpha value is -2.49. The SMILES string of the molecule is CC(=O)NCc1cc(F)c(NS(=O)(=O)C2CCCC=C2C(=O)O)c(F)c1. The van der Waals surface area contributed by atoms with E-state index in [9.17, 15) is 26.8 Å². The summed E-state index contributed by atoms with van der Waals surface area (Å²) in [5.41, 5.74) is -1.08. The van der Waals surface area contributed by atoms with E-state index in [1.54, 1.807) is 0 Å². The van der Waals surface area contributed by atoms with Gasteiger partial charge in [0.15, 0.2) is 11.6 Å². The number of allylic oxidation sites excluding steroid dienone is 1. The second-order valence-electron chi connectivity index (χ2n) is 5.88. The maximum absolute atomic E-state index is 14.2. The van der Waals surface area contributed by atoms with Crippen LogP contribution in [0, 0.1) is 11.6 Å². The van der Waals surface area contributed by atoms with Crippen molar-refractivity contribution in [2.45, 2.75) is 38.0 Å². The summed E-state index contributed by atoms with van der Waals surface area (Å²) < 4.78 is 55.1. The third kappa shape index (κ3) is 4.57. The Labute approximate surface area is 149 Å². The normalized spacial score (nSPS) is 17.3. The summed E-state index contributed by atoms with van der Waals surface area (Å²) in [6, 6.07) is 1.79. The summed E-state index contributed by atoms with van der Waals surface area (Å²) in [5, 5.41) is 10.1. The van der Waals surface area contributed by atoms with Crippen LogP contribution in [-0.4, -0.2) is 30.7 Å². The highest BCUT2D eigenvalue weighted by Gasteiger charge is 2.35. The van der Waals surface area contributed by atoms with Crippen LogP contribution in [0.15, 0.2) is 23.8 Å². The molecule has 1 amide bonds. The Bertz CT molecular complexity index is 844. The van der Waals surface area contributed by atoms with Crippen LogP contribution in [0.3, 0.4) is 0 Å². The molecule has 10 heteroatoms. The lowest BCUT2D eigenvalue weighted by Crippen LogP contribution is -2.34. The summed E-state index contributed by atoms with van der Waals surface area (Å²) >= 11 is 0. The quantitative estimate of drug-likeness (QED) is 0.689. The number of carboxylic acids is 1. The van der Waals surface area contributed by atoms with Gasteiger partial charge in [0.1, 0.15) is 10.9 Å². The summed E-state index contributed by atoms with van der Waals surface area (Å²) in [7, 11) is -4.36. The molecule has 0 aromatic heterocycles. The molecule has 1 aromatic rings. The standard InChI is InChI=1S/C16H18F2N2O5S/c1-9(21)19-8-10-6-12(17)15(13(18)7-10)20-26(24,25)14-5-3-2-4-11(14)16(22)23/h4,6-7,14,20H,2-3,5,8H2,1H3,(H,19,21)(H,22,23). The van der Waals surface area contributed by atoms with Crippen molar-refractivity contribution < 1.29 is 31.9 Å². The zero-order valence-electron chi connectivity index (χ0n) is 13.9. The summed E-state index contributed by atoms with van der Waals surface area (Å²) in [6.07, 6.45) is 2.22. The average molecular weight is 388 g/mol. The van der Waals surface area contributed by atoms with Crippen LogP contribution in [0.25, 0.3) is 0 Å². The van der Waals surface area contributed by atoms with Crippen molar-refractivity contribution in [3.63, 3.8) is 0 Å². The van der Waals surface area contributed by atoms with Gasteiger partial charge in [-0.2, -0.15) is 0 Å². The minimum Gasteiger partial charge on any atom is -0.478 e. The van der Waals surface area contributed by atoms with E-state index >= 15 is 0 Å². The van der Waals surface area contributed by atoms with E-state index in [2.05, 4.69) is 5.32 Å². The van der Waals surface area contributed by atoms with E-state index in [1.807, 2.05) is 4.72 Å². The van der Waals surface area contributed by atoms with Crippen LogP contribution in [0.5, 0.6) is 0 Å². The van der Waals surface area contributed by atoms with Crippen LogP contribution in [0.2, 0.25) is 0 Å². The number of nitrogens with one attached hydrogen (secondary N) is 2. The second-order valence-corrected chi connectivity index (χ2v) is 7.74. The molecule has 1 aliphatic rings. The molecule has 0 spiro atoms. The number of hydrogen-bond acceptors (Lipinski definition) is 4. The van der Waals surface area contributed by atoms with Crippen molar-refractivity contribution in [1.82, 2.24) is 5.32 Å². The molecular formula is C16H18F2N2O5S. The van der Waals surface area contributed by atoms with Crippen molar-refractivity contribution in [2.24, 2.45) is 0 Å². The smallest absolute Gasteiger partial charge is 0.332 e. The molecule has 0 heterocycles. The van der Waals surface area contributed by atoms with Gasteiger partial charge in [0, 0.05) is 13.5 Å². The number of anilines is 1. The zero-order chi connectivity index (χ0) is 19.5. The molecule has 0 radical (unpaired) electrons. The van der Waals surface area contributed by atoms with E-state index in [4.69, 9.17) is 5.11 Å². The number of sulfonamides is 1. The Morgan fingerprint density at radius 2 is 1.88 bits per heavy atom. The van der Waals surface area contributed by atoms with Crippen LogP contribution >= 0.6 is 0 Å². The number of amides is 1. The number of rotatable bonds is 6. The van der Waals surface area contributed by atoms with Crippen LogP contribution in [-0.2, 0) is 26.2 Å². The van der Waals surface area contributed by atoms with Crippen molar-refractivity contribution >= 4 is 27.6 Å². The van der Waals surface area contributed by atoms with Gasteiger partial charge in [-0.05, 0) is 37.0 Å².